The predicted octanol–water partition coefficient (Wildman–Crippen LogP) is 3.67. The van der Waals surface area contributed by atoms with Crippen LogP contribution in [0.2, 0.25) is 0 Å². The number of rotatable bonds is 4. The average Bonchev–Trinajstić information content (AvgIpc) is 3.28. The second-order valence-electron chi connectivity index (χ2n) is 6.84. The molecule has 0 radical (unpaired) electrons. The second kappa shape index (κ2) is 5.45. The molecule has 1 amide bonds. The van der Waals surface area contributed by atoms with Gasteiger partial charge in [0.25, 0.3) is 0 Å². The monoisotopic (exact) mass is 296 g/mol. The van der Waals surface area contributed by atoms with E-state index in [1.54, 1.807) is 0 Å². The minimum Gasteiger partial charge on any atom is -0.361 e. The highest BCUT2D eigenvalue weighted by Crippen LogP contribution is 2.35. The summed E-state index contributed by atoms with van der Waals surface area (Å²) >= 11 is 0. The van der Waals surface area contributed by atoms with Crippen molar-refractivity contribution >= 4 is 16.8 Å². The van der Waals surface area contributed by atoms with Gasteiger partial charge in [0, 0.05) is 35.6 Å². The Hall–Kier alpha value is -1.77. The van der Waals surface area contributed by atoms with Gasteiger partial charge in [0.2, 0.25) is 5.91 Å². The van der Waals surface area contributed by atoms with E-state index in [1.807, 2.05) is 6.20 Å². The summed E-state index contributed by atoms with van der Waals surface area (Å²) in [5.74, 6) is 0.743. The van der Waals surface area contributed by atoms with Crippen LogP contribution in [-0.2, 0) is 17.6 Å². The van der Waals surface area contributed by atoms with Gasteiger partial charge in [0.1, 0.15) is 0 Å². The topological polar surface area (TPSA) is 36.1 Å². The molecule has 4 rings (SSSR count). The van der Waals surface area contributed by atoms with Crippen molar-refractivity contribution in [2.75, 3.05) is 6.54 Å². The van der Waals surface area contributed by atoms with Gasteiger partial charge < -0.3 is 9.88 Å². The number of nitrogens with one attached hydrogen (secondary N) is 1. The molecule has 2 aromatic rings. The number of fused-ring (bicyclic) bond motifs is 3. The molecule has 1 aromatic carbocycles. The molecule has 1 fully saturated rings. The van der Waals surface area contributed by atoms with Crippen molar-refractivity contribution in [1.82, 2.24) is 9.88 Å². The fourth-order valence-corrected chi connectivity index (χ4v) is 3.92. The van der Waals surface area contributed by atoms with E-state index in [1.165, 1.54) is 22.0 Å². The molecule has 1 heterocycles. The lowest BCUT2D eigenvalue weighted by Crippen LogP contribution is -2.44. The summed E-state index contributed by atoms with van der Waals surface area (Å²) in [6.45, 7) is 3.09. The zero-order valence-corrected chi connectivity index (χ0v) is 13.3. The van der Waals surface area contributed by atoms with E-state index >= 15 is 0 Å². The van der Waals surface area contributed by atoms with E-state index in [4.69, 9.17) is 0 Å². The van der Waals surface area contributed by atoms with Gasteiger partial charge in [0.15, 0.2) is 0 Å². The first-order valence-electron chi connectivity index (χ1n) is 8.66. The minimum absolute atomic E-state index is 0.330. The summed E-state index contributed by atoms with van der Waals surface area (Å²) in [6, 6.07) is 7.02. The number of hydrogen-bond donors (Lipinski definition) is 1. The standard InChI is InChI=1S/C19H24N2O/c1-2-11-21(19(22)14-3-4-14)15-7-5-13-6-8-18-16(9-10-20-18)17(13)12-15/h6,8-10,14-15,20H,2-5,7,11-12H2,1H3. The lowest BCUT2D eigenvalue weighted by molar-refractivity contribution is -0.135. The molecule has 0 saturated heterocycles. The molecule has 3 heteroatoms. The highest BCUT2D eigenvalue weighted by Gasteiger charge is 2.37. The molecule has 0 bridgehead atoms. The third-order valence-electron chi connectivity index (χ3n) is 5.24. The maximum absolute atomic E-state index is 12.6. The second-order valence-corrected chi connectivity index (χ2v) is 6.84. The number of aromatic nitrogens is 1. The summed E-state index contributed by atoms with van der Waals surface area (Å²) in [5, 5.41) is 1.34. The Morgan fingerprint density at radius 3 is 2.91 bits per heavy atom. The van der Waals surface area contributed by atoms with Gasteiger partial charge in [-0.3, -0.25) is 4.79 Å². The summed E-state index contributed by atoms with van der Waals surface area (Å²) in [5.41, 5.74) is 4.15. The lowest BCUT2D eigenvalue weighted by Gasteiger charge is -2.35. The SMILES string of the molecule is CCCN(C(=O)C1CC1)C1CCc2ccc3[nH]ccc3c2C1. The van der Waals surface area contributed by atoms with Crippen LogP contribution in [0.5, 0.6) is 0 Å². The zero-order valence-electron chi connectivity index (χ0n) is 13.3. The Balaban J connectivity index is 1.64. The van der Waals surface area contributed by atoms with Crippen molar-refractivity contribution < 1.29 is 4.79 Å². The Morgan fingerprint density at radius 2 is 2.14 bits per heavy atom. The van der Waals surface area contributed by atoms with Crippen LogP contribution in [0.25, 0.3) is 10.9 Å². The number of hydrogen-bond acceptors (Lipinski definition) is 1. The Kier molecular flexibility index (Phi) is 3.44. The number of carbonyl (C=O) groups excluding carboxylic acids is 1. The number of aromatic amines is 1. The van der Waals surface area contributed by atoms with Gasteiger partial charge >= 0.3 is 0 Å². The van der Waals surface area contributed by atoms with E-state index in [-0.39, 0.29) is 0 Å². The first-order chi connectivity index (χ1) is 10.8. The molecule has 1 atom stereocenters. The smallest absolute Gasteiger partial charge is 0.225 e. The quantitative estimate of drug-likeness (QED) is 0.918. The van der Waals surface area contributed by atoms with Crippen molar-refractivity contribution in [1.29, 1.82) is 0 Å². The Labute approximate surface area is 131 Å². The van der Waals surface area contributed by atoms with Crippen LogP contribution in [-0.4, -0.2) is 28.4 Å². The van der Waals surface area contributed by atoms with Crippen molar-refractivity contribution in [3.8, 4) is 0 Å². The van der Waals surface area contributed by atoms with Crippen LogP contribution in [0.15, 0.2) is 24.4 Å². The lowest BCUT2D eigenvalue weighted by atomic mass is 9.85. The molecule has 2 aliphatic carbocycles. The molecule has 1 saturated carbocycles. The van der Waals surface area contributed by atoms with E-state index < -0.39 is 0 Å². The number of carbonyl (C=O) groups is 1. The molecule has 22 heavy (non-hydrogen) atoms. The maximum Gasteiger partial charge on any atom is 0.225 e. The highest BCUT2D eigenvalue weighted by atomic mass is 16.2. The molecule has 1 N–H and O–H groups in total. The van der Waals surface area contributed by atoms with E-state index in [0.717, 1.165) is 45.1 Å². The molecule has 0 spiro atoms. The largest absolute Gasteiger partial charge is 0.361 e. The molecule has 0 aliphatic heterocycles. The third kappa shape index (κ3) is 2.33. The van der Waals surface area contributed by atoms with Crippen LogP contribution in [0.3, 0.4) is 0 Å². The zero-order chi connectivity index (χ0) is 15.1. The number of nitrogens with zero attached hydrogens (tertiary/aromatic N) is 1. The molecular weight excluding hydrogens is 272 g/mol. The molecule has 1 unspecified atom stereocenters. The minimum atomic E-state index is 0.330. The van der Waals surface area contributed by atoms with Crippen LogP contribution in [0.4, 0.5) is 0 Å². The van der Waals surface area contributed by atoms with E-state index in [0.29, 0.717) is 17.9 Å². The van der Waals surface area contributed by atoms with Crippen molar-refractivity contribution in [3.63, 3.8) is 0 Å². The first-order valence-corrected chi connectivity index (χ1v) is 8.66. The molecule has 116 valence electrons. The first kappa shape index (κ1) is 13.9. The fraction of sp³-hybridized carbons (Fsp3) is 0.526. The highest BCUT2D eigenvalue weighted by molar-refractivity contribution is 5.85. The summed E-state index contributed by atoms with van der Waals surface area (Å²) < 4.78 is 0. The molecule has 3 nitrogen and oxygen atoms in total. The Bertz CT molecular complexity index is 699. The Morgan fingerprint density at radius 1 is 1.27 bits per heavy atom. The van der Waals surface area contributed by atoms with Crippen LogP contribution >= 0.6 is 0 Å². The van der Waals surface area contributed by atoms with Gasteiger partial charge in [-0.2, -0.15) is 0 Å². The summed E-state index contributed by atoms with van der Waals surface area (Å²) in [6.07, 6.45) is 8.50. The number of amides is 1. The van der Waals surface area contributed by atoms with Crippen molar-refractivity contribution in [2.24, 2.45) is 5.92 Å². The average molecular weight is 296 g/mol. The van der Waals surface area contributed by atoms with E-state index in [2.05, 4.69) is 35.0 Å². The normalized spacial score (nSPS) is 20.9. The van der Waals surface area contributed by atoms with Gasteiger partial charge in [-0.1, -0.05) is 13.0 Å². The summed E-state index contributed by atoms with van der Waals surface area (Å²) in [4.78, 5) is 18.1. The molecular formula is C19H24N2O. The van der Waals surface area contributed by atoms with Gasteiger partial charge in [-0.25, -0.2) is 0 Å². The number of H-pyrrole nitrogens is 1. The summed E-state index contributed by atoms with van der Waals surface area (Å²) in [7, 11) is 0. The molecule has 2 aliphatic rings. The number of aryl methyl sites for hydroxylation is 1. The number of benzene rings is 1. The van der Waals surface area contributed by atoms with Crippen molar-refractivity contribution in [3.05, 3.63) is 35.5 Å². The van der Waals surface area contributed by atoms with Gasteiger partial charge in [-0.15, -0.1) is 0 Å². The van der Waals surface area contributed by atoms with Crippen LogP contribution in [0.1, 0.15) is 43.7 Å². The maximum atomic E-state index is 12.6. The van der Waals surface area contributed by atoms with Crippen molar-refractivity contribution in [2.45, 2.75) is 51.5 Å². The third-order valence-corrected chi connectivity index (χ3v) is 5.24. The van der Waals surface area contributed by atoms with Gasteiger partial charge in [0.05, 0.1) is 0 Å². The van der Waals surface area contributed by atoms with E-state index in [9.17, 15) is 4.79 Å². The van der Waals surface area contributed by atoms with Crippen LogP contribution < -0.4 is 0 Å². The van der Waals surface area contributed by atoms with Gasteiger partial charge in [-0.05, 0) is 61.8 Å². The predicted molar refractivity (Wildman–Crippen MR) is 88.8 cm³/mol. The molecule has 1 aromatic heterocycles. The van der Waals surface area contributed by atoms with Crippen LogP contribution in [0, 0.1) is 5.92 Å². The fourth-order valence-electron chi connectivity index (χ4n) is 3.92.